The number of rotatable bonds is 8. The molecule has 0 aliphatic carbocycles. The number of aliphatic hydroxyl groups is 10. The lowest BCUT2D eigenvalue weighted by Gasteiger charge is -2.48. The maximum absolute atomic E-state index is 11.6. The molecule has 0 aromatic heterocycles. The van der Waals surface area contributed by atoms with E-state index in [1.54, 1.807) is 0 Å². The van der Waals surface area contributed by atoms with Crippen molar-refractivity contribution in [3.63, 3.8) is 0 Å². The van der Waals surface area contributed by atoms with Gasteiger partial charge in [-0.05, 0) is 0 Å². The third kappa shape index (κ3) is 6.38. The third-order valence-electron chi connectivity index (χ3n) is 6.49. The Balaban J connectivity index is 1.76. The molecule has 0 spiro atoms. The van der Waals surface area contributed by atoms with Crippen LogP contribution in [-0.4, -0.2) is 169 Å². The molecule has 37 heavy (non-hydrogen) atoms. The number of nitrogens with one attached hydrogen (secondary N) is 1. The zero-order chi connectivity index (χ0) is 27.6. The molecule has 3 fully saturated rings. The van der Waals surface area contributed by atoms with Crippen molar-refractivity contribution in [1.82, 2.24) is 5.32 Å². The molecule has 0 unspecified atom stereocenters. The minimum absolute atomic E-state index is 0.637. The van der Waals surface area contributed by atoms with E-state index in [1.165, 1.54) is 0 Å². The maximum Gasteiger partial charge on any atom is 0.217 e. The Morgan fingerprint density at radius 3 is 1.68 bits per heavy atom. The van der Waals surface area contributed by atoms with E-state index in [0.29, 0.717) is 0 Å². The van der Waals surface area contributed by atoms with Crippen molar-refractivity contribution in [2.24, 2.45) is 0 Å². The summed E-state index contributed by atoms with van der Waals surface area (Å²) in [7, 11) is 0. The predicted molar refractivity (Wildman–Crippen MR) is 113 cm³/mol. The molecule has 0 radical (unpaired) electrons. The maximum atomic E-state index is 11.6. The number of hydrogen-bond donors (Lipinski definition) is 11. The monoisotopic (exact) mass is 545 g/mol. The van der Waals surface area contributed by atoms with Gasteiger partial charge in [-0.1, -0.05) is 0 Å². The van der Waals surface area contributed by atoms with Crippen LogP contribution in [0.5, 0.6) is 0 Å². The van der Waals surface area contributed by atoms with Gasteiger partial charge in [0.15, 0.2) is 18.9 Å². The summed E-state index contributed by atoms with van der Waals surface area (Å²) < 4.78 is 26.9. The van der Waals surface area contributed by atoms with Gasteiger partial charge in [0.25, 0.3) is 0 Å². The van der Waals surface area contributed by atoms with E-state index in [-0.39, 0.29) is 0 Å². The normalized spacial score (nSPS) is 49.0. The van der Waals surface area contributed by atoms with Crippen LogP contribution < -0.4 is 5.32 Å². The molecule has 3 aliphatic heterocycles. The van der Waals surface area contributed by atoms with E-state index in [4.69, 9.17) is 23.7 Å². The van der Waals surface area contributed by atoms with Crippen LogP contribution in [-0.2, 0) is 28.5 Å². The lowest BCUT2D eigenvalue weighted by molar-refractivity contribution is -0.372. The molecular formula is C20H35NO16. The smallest absolute Gasteiger partial charge is 0.217 e. The Morgan fingerprint density at radius 1 is 0.649 bits per heavy atom. The molecule has 216 valence electrons. The molecule has 0 aromatic carbocycles. The quantitative estimate of drug-likeness (QED) is 0.135. The van der Waals surface area contributed by atoms with E-state index < -0.39 is 118 Å². The first-order valence-corrected chi connectivity index (χ1v) is 11.6. The zero-order valence-corrected chi connectivity index (χ0v) is 19.7. The second kappa shape index (κ2) is 12.8. The number of amides is 1. The SMILES string of the molecule is CC(=O)N[C@@H]1[C@@H](O[C@H]2O[C@H](CO)[C@H](O[C@H]3O[C@H](CO)[C@@H](O)[C@H](O)[C@H]3O)[C@H](O)[C@H]2O)[C@H](O)[C@@H](CO)O[C@H]1O. The van der Waals surface area contributed by atoms with Crippen molar-refractivity contribution in [2.75, 3.05) is 19.8 Å². The minimum atomic E-state index is -1.93. The van der Waals surface area contributed by atoms with Gasteiger partial charge in [0, 0.05) is 6.92 Å². The highest BCUT2D eigenvalue weighted by atomic mass is 16.7. The summed E-state index contributed by atoms with van der Waals surface area (Å²) in [5.74, 6) is -0.637. The fraction of sp³-hybridized carbons (Fsp3) is 0.950. The zero-order valence-electron chi connectivity index (χ0n) is 19.7. The Labute approximate surface area is 210 Å². The summed E-state index contributed by atoms with van der Waals surface area (Å²) in [6.45, 7) is -1.21. The van der Waals surface area contributed by atoms with Crippen molar-refractivity contribution >= 4 is 5.91 Å². The lowest BCUT2D eigenvalue weighted by Crippen LogP contribution is -2.68. The molecule has 15 atom stereocenters. The van der Waals surface area contributed by atoms with Crippen molar-refractivity contribution in [1.29, 1.82) is 0 Å². The van der Waals surface area contributed by atoms with Gasteiger partial charge in [-0.25, -0.2) is 0 Å². The fourth-order valence-corrected chi connectivity index (χ4v) is 4.46. The summed E-state index contributed by atoms with van der Waals surface area (Å²) in [6.07, 6.45) is -23.3. The Morgan fingerprint density at radius 2 is 1.14 bits per heavy atom. The second-order valence-corrected chi connectivity index (χ2v) is 9.07. The van der Waals surface area contributed by atoms with Crippen molar-refractivity contribution < 1.29 is 79.5 Å². The van der Waals surface area contributed by atoms with Crippen LogP contribution >= 0.6 is 0 Å². The first-order chi connectivity index (χ1) is 17.4. The molecule has 3 aliphatic rings. The van der Waals surface area contributed by atoms with Gasteiger partial charge in [-0.3, -0.25) is 4.79 Å². The summed E-state index contributed by atoms with van der Waals surface area (Å²) in [4.78, 5) is 11.6. The topological polar surface area (TPSA) is 278 Å². The van der Waals surface area contributed by atoms with Crippen molar-refractivity contribution in [2.45, 2.75) is 99.0 Å². The molecule has 3 heterocycles. The van der Waals surface area contributed by atoms with Gasteiger partial charge < -0.3 is 80.1 Å². The molecule has 0 saturated carbocycles. The average Bonchev–Trinajstić information content (AvgIpc) is 2.87. The number of carbonyl (C=O) groups excluding carboxylic acids is 1. The molecular weight excluding hydrogens is 510 g/mol. The molecule has 11 N–H and O–H groups in total. The standard InChI is InChI=1S/C20H35NO16/c1-5(25)21-9-17(11(27)7(3-23)33-18(9)32)37-20-15(31)13(29)16(8(4-24)35-20)36-19-14(30)12(28)10(26)6(2-22)34-19/h6-20,22-24,26-32H,2-4H2,1H3,(H,21,25)/t6-,7-,8-,9-,10-,11-,12+,13-,14-,15-,16+,17-,18-,19-,20-/m1/s1. The molecule has 1 amide bonds. The van der Waals surface area contributed by atoms with Crippen LogP contribution in [0.4, 0.5) is 0 Å². The minimum Gasteiger partial charge on any atom is -0.394 e. The van der Waals surface area contributed by atoms with Gasteiger partial charge >= 0.3 is 0 Å². The highest BCUT2D eigenvalue weighted by Crippen LogP contribution is 2.32. The molecule has 0 aromatic rings. The van der Waals surface area contributed by atoms with Gasteiger partial charge in [0.2, 0.25) is 5.91 Å². The largest absolute Gasteiger partial charge is 0.394 e. The van der Waals surface area contributed by atoms with Crippen LogP contribution in [0.3, 0.4) is 0 Å². The molecule has 0 bridgehead atoms. The van der Waals surface area contributed by atoms with E-state index >= 15 is 0 Å². The molecule has 17 nitrogen and oxygen atoms in total. The van der Waals surface area contributed by atoms with Gasteiger partial charge in [0.05, 0.1) is 19.8 Å². The van der Waals surface area contributed by atoms with Crippen molar-refractivity contribution in [3.05, 3.63) is 0 Å². The summed E-state index contributed by atoms with van der Waals surface area (Å²) in [5.41, 5.74) is 0. The van der Waals surface area contributed by atoms with Gasteiger partial charge in [-0.15, -0.1) is 0 Å². The summed E-state index contributed by atoms with van der Waals surface area (Å²) in [6, 6.07) is -1.39. The first-order valence-electron chi connectivity index (χ1n) is 11.6. The number of carbonyl (C=O) groups is 1. The van der Waals surface area contributed by atoms with E-state index in [2.05, 4.69) is 5.32 Å². The fourth-order valence-electron chi connectivity index (χ4n) is 4.46. The van der Waals surface area contributed by atoms with Gasteiger partial charge in [0.1, 0.15) is 73.2 Å². The van der Waals surface area contributed by atoms with Crippen LogP contribution in [0.15, 0.2) is 0 Å². The first kappa shape index (κ1) is 30.4. The number of ether oxygens (including phenoxy) is 5. The number of hydrogen-bond acceptors (Lipinski definition) is 16. The average molecular weight is 545 g/mol. The highest BCUT2D eigenvalue weighted by molar-refractivity contribution is 5.73. The van der Waals surface area contributed by atoms with Crippen LogP contribution in [0.2, 0.25) is 0 Å². The summed E-state index contributed by atoms with van der Waals surface area (Å²) in [5, 5.41) is 103. The molecule has 17 heteroatoms. The summed E-state index contributed by atoms with van der Waals surface area (Å²) >= 11 is 0. The van der Waals surface area contributed by atoms with E-state index in [0.717, 1.165) is 6.92 Å². The predicted octanol–water partition coefficient (Wildman–Crippen LogP) is -7.43. The third-order valence-corrected chi connectivity index (χ3v) is 6.49. The Hall–Kier alpha value is -1.13. The lowest BCUT2D eigenvalue weighted by atomic mass is 9.95. The van der Waals surface area contributed by atoms with Crippen LogP contribution in [0.25, 0.3) is 0 Å². The van der Waals surface area contributed by atoms with E-state index in [9.17, 15) is 55.9 Å². The number of aliphatic hydroxyl groups excluding tert-OH is 10. The second-order valence-electron chi connectivity index (χ2n) is 9.07. The molecule has 3 rings (SSSR count). The van der Waals surface area contributed by atoms with Gasteiger partial charge in [-0.2, -0.15) is 0 Å². The Kier molecular flexibility index (Phi) is 10.5. The van der Waals surface area contributed by atoms with E-state index in [1.807, 2.05) is 0 Å². The van der Waals surface area contributed by atoms with Crippen molar-refractivity contribution in [3.8, 4) is 0 Å². The Bertz CT molecular complexity index is 743. The van der Waals surface area contributed by atoms with Crippen LogP contribution in [0, 0.1) is 0 Å². The van der Waals surface area contributed by atoms with Crippen LogP contribution in [0.1, 0.15) is 6.92 Å². The highest BCUT2D eigenvalue weighted by Gasteiger charge is 2.53. The molecule has 3 saturated heterocycles.